The molecule has 0 saturated heterocycles. The minimum Gasteiger partial charge on any atom is -0.386 e. The van der Waals surface area contributed by atoms with Crippen LogP contribution in [0.5, 0.6) is 0 Å². The van der Waals surface area contributed by atoms with E-state index >= 15 is 0 Å². The van der Waals surface area contributed by atoms with E-state index in [0.717, 1.165) is 11.3 Å². The predicted molar refractivity (Wildman–Crippen MR) is 62.0 cm³/mol. The largest absolute Gasteiger partial charge is 0.386 e. The van der Waals surface area contributed by atoms with E-state index in [1.165, 1.54) is 6.42 Å². The lowest BCUT2D eigenvalue weighted by molar-refractivity contribution is 1.09. The lowest BCUT2D eigenvalue weighted by Crippen LogP contribution is -1.91. The first-order chi connectivity index (χ1) is 6.29. The van der Waals surface area contributed by atoms with Crippen molar-refractivity contribution in [3.8, 4) is 0 Å². The van der Waals surface area contributed by atoms with E-state index < -0.39 is 0 Å². The first kappa shape index (κ1) is 11.7. The zero-order valence-corrected chi connectivity index (χ0v) is 8.67. The molecular formula is C11H20N2. The lowest BCUT2D eigenvalue weighted by Gasteiger charge is -2.01. The van der Waals surface area contributed by atoms with Crippen molar-refractivity contribution >= 4 is 11.8 Å². The monoisotopic (exact) mass is 180 g/mol. The fourth-order valence-electron chi connectivity index (χ4n) is 0.792. The fraction of sp³-hybridized carbons (Fsp3) is 0.364. The van der Waals surface area contributed by atoms with Gasteiger partial charge in [0, 0.05) is 20.2 Å². The summed E-state index contributed by atoms with van der Waals surface area (Å²) in [6.07, 6.45) is 6.57. The molecule has 0 saturated carbocycles. The van der Waals surface area contributed by atoms with E-state index in [2.05, 4.69) is 30.7 Å². The highest BCUT2D eigenvalue weighted by Gasteiger charge is 1.92. The van der Waals surface area contributed by atoms with Gasteiger partial charge in [0.1, 0.15) is 0 Å². The topological polar surface area (TPSA) is 24.9 Å². The van der Waals surface area contributed by atoms with E-state index in [0.29, 0.717) is 0 Å². The molecule has 0 aliphatic heterocycles. The molecule has 0 spiro atoms. The Balaban J connectivity index is 0. The van der Waals surface area contributed by atoms with Gasteiger partial charge in [-0.3, -0.25) is 4.98 Å². The van der Waals surface area contributed by atoms with Crippen molar-refractivity contribution in [3.05, 3.63) is 30.6 Å². The number of anilines is 1. The molecule has 1 aromatic rings. The highest BCUT2D eigenvalue weighted by Crippen LogP contribution is 2.12. The number of hydrogen-bond donors (Lipinski definition) is 1. The standard InChI is InChI=1S/C8H10N2.C3H8.H2/c1-3-7-4-5-10-6-8(7)9-2;1-3-2;/h3-6,9H,1H2,2H3;3H2,1-2H3;1H. The zero-order chi connectivity index (χ0) is 10.1. The number of nitrogens with zero attached hydrogens (tertiary/aromatic N) is 1. The minimum atomic E-state index is 0. The highest BCUT2D eigenvalue weighted by atomic mass is 14.8. The van der Waals surface area contributed by atoms with Crippen LogP contribution in [0.1, 0.15) is 27.3 Å². The molecule has 1 aromatic heterocycles. The molecule has 0 aromatic carbocycles. The van der Waals surface area contributed by atoms with Gasteiger partial charge in [-0.2, -0.15) is 0 Å². The van der Waals surface area contributed by atoms with Gasteiger partial charge in [0.15, 0.2) is 0 Å². The average molecular weight is 180 g/mol. The van der Waals surface area contributed by atoms with E-state index in [9.17, 15) is 0 Å². The summed E-state index contributed by atoms with van der Waals surface area (Å²) in [5.41, 5.74) is 2.09. The van der Waals surface area contributed by atoms with Gasteiger partial charge in [0.25, 0.3) is 0 Å². The summed E-state index contributed by atoms with van der Waals surface area (Å²) in [5, 5.41) is 3.01. The van der Waals surface area contributed by atoms with E-state index in [4.69, 9.17) is 0 Å². The Morgan fingerprint density at radius 1 is 1.62 bits per heavy atom. The Morgan fingerprint density at radius 3 is 2.62 bits per heavy atom. The summed E-state index contributed by atoms with van der Waals surface area (Å²) >= 11 is 0. The van der Waals surface area contributed by atoms with E-state index in [1.54, 1.807) is 18.5 Å². The maximum absolute atomic E-state index is 3.95. The molecule has 2 nitrogen and oxygen atoms in total. The Labute approximate surface area is 82.2 Å². The van der Waals surface area contributed by atoms with Crippen LogP contribution in [0.25, 0.3) is 6.08 Å². The third-order valence-electron chi connectivity index (χ3n) is 1.34. The molecule has 13 heavy (non-hydrogen) atoms. The van der Waals surface area contributed by atoms with Gasteiger partial charge >= 0.3 is 0 Å². The van der Waals surface area contributed by atoms with Crippen LogP contribution in [0.3, 0.4) is 0 Å². The van der Waals surface area contributed by atoms with Crippen molar-refractivity contribution in [1.29, 1.82) is 0 Å². The van der Waals surface area contributed by atoms with Crippen molar-refractivity contribution in [2.45, 2.75) is 20.3 Å². The predicted octanol–water partition coefficient (Wildman–Crippen LogP) is 3.43. The number of hydrogen-bond acceptors (Lipinski definition) is 2. The third kappa shape index (κ3) is 4.31. The number of nitrogens with one attached hydrogen (secondary N) is 1. The SMILES string of the molecule is C=Cc1ccncc1NC.CCC.[HH]. The zero-order valence-electron chi connectivity index (χ0n) is 8.67. The Morgan fingerprint density at radius 2 is 2.23 bits per heavy atom. The molecule has 74 valence electrons. The van der Waals surface area contributed by atoms with E-state index in [1.807, 2.05) is 13.1 Å². The molecule has 0 fully saturated rings. The minimum absolute atomic E-state index is 0. The molecule has 0 unspecified atom stereocenters. The first-order valence-electron chi connectivity index (χ1n) is 4.54. The van der Waals surface area contributed by atoms with Crippen LogP contribution in [-0.4, -0.2) is 12.0 Å². The van der Waals surface area contributed by atoms with E-state index in [-0.39, 0.29) is 1.43 Å². The van der Waals surface area contributed by atoms with Crippen molar-refractivity contribution in [2.75, 3.05) is 12.4 Å². The van der Waals surface area contributed by atoms with Crippen molar-refractivity contribution < 1.29 is 1.43 Å². The summed E-state index contributed by atoms with van der Waals surface area (Å²) in [7, 11) is 1.87. The van der Waals surface area contributed by atoms with Gasteiger partial charge in [-0.15, -0.1) is 0 Å². The molecule has 1 N–H and O–H groups in total. The van der Waals surface area contributed by atoms with Gasteiger partial charge in [0.05, 0.1) is 11.9 Å². The second kappa shape index (κ2) is 7.35. The van der Waals surface area contributed by atoms with Crippen LogP contribution < -0.4 is 5.32 Å². The molecule has 1 heterocycles. The highest BCUT2D eigenvalue weighted by molar-refractivity contribution is 5.63. The molecule has 0 bridgehead atoms. The van der Waals surface area contributed by atoms with Crippen LogP contribution >= 0.6 is 0 Å². The Bertz CT molecular complexity index is 249. The molecule has 0 aliphatic carbocycles. The maximum Gasteiger partial charge on any atom is 0.0597 e. The lowest BCUT2D eigenvalue weighted by atomic mass is 10.2. The molecule has 2 heteroatoms. The second-order valence-electron chi connectivity index (χ2n) is 2.62. The van der Waals surface area contributed by atoms with Gasteiger partial charge in [-0.25, -0.2) is 0 Å². The Kier molecular flexibility index (Phi) is 6.60. The summed E-state index contributed by atoms with van der Waals surface area (Å²) in [6, 6.07) is 1.92. The molecule has 0 radical (unpaired) electrons. The van der Waals surface area contributed by atoms with Crippen LogP contribution in [-0.2, 0) is 0 Å². The van der Waals surface area contributed by atoms with Crippen LogP contribution in [0.15, 0.2) is 25.0 Å². The van der Waals surface area contributed by atoms with Gasteiger partial charge in [-0.05, 0) is 6.07 Å². The van der Waals surface area contributed by atoms with Crippen LogP contribution in [0.2, 0.25) is 0 Å². The molecule has 0 aliphatic rings. The van der Waals surface area contributed by atoms with Crippen molar-refractivity contribution in [2.24, 2.45) is 0 Å². The summed E-state index contributed by atoms with van der Waals surface area (Å²) in [6.45, 7) is 7.92. The average Bonchev–Trinajstić information content (AvgIpc) is 2.19. The van der Waals surface area contributed by atoms with Crippen LogP contribution in [0.4, 0.5) is 5.69 Å². The third-order valence-corrected chi connectivity index (χ3v) is 1.34. The number of rotatable bonds is 2. The second-order valence-corrected chi connectivity index (χ2v) is 2.62. The molecule has 0 atom stereocenters. The normalized spacial score (nSPS) is 8.23. The molecule has 1 rings (SSSR count). The summed E-state index contributed by atoms with van der Waals surface area (Å²) in [4.78, 5) is 3.95. The van der Waals surface area contributed by atoms with Gasteiger partial charge < -0.3 is 5.32 Å². The Hall–Kier alpha value is -1.31. The smallest absolute Gasteiger partial charge is 0.0597 e. The van der Waals surface area contributed by atoms with Gasteiger partial charge in [0.2, 0.25) is 0 Å². The van der Waals surface area contributed by atoms with Crippen molar-refractivity contribution in [1.82, 2.24) is 4.98 Å². The summed E-state index contributed by atoms with van der Waals surface area (Å²) in [5.74, 6) is 0. The van der Waals surface area contributed by atoms with Crippen molar-refractivity contribution in [3.63, 3.8) is 0 Å². The van der Waals surface area contributed by atoms with Crippen LogP contribution in [0, 0.1) is 0 Å². The first-order valence-corrected chi connectivity index (χ1v) is 4.54. The van der Waals surface area contributed by atoms with Gasteiger partial charge in [-0.1, -0.05) is 32.9 Å². The summed E-state index contributed by atoms with van der Waals surface area (Å²) < 4.78 is 0. The maximum atomic E-state index is 3.95. The quantitative estimate of drug-likeness (QED) is 0.754. The number of pyridine rings is 1. The molecule has 0 amide bonds. The number of aromatic nitrogens is 1. The fourth-order valence-corrected chi connectivity index (χ4v) is 0.792. The molecular weight excluding hydrogens is 160 g/mol.